The molecule has 7 heteroatoms. The molecule has 1 aromatic carbocycles. The highest BCUT2D eigenvalue weighted by atomic mass is 35.5. The lowest BCUT2D eigenvalue weighted by Crippen LogP contribution is -2.42. The first-order chi connectivity index (χ1) is 10.5. The molecule has 1 aromatic rings. The van der Waals surface area contributed by atoms with E-state index in [1.54, 1.807) is 30.2 Å². The number of nitrogens with one attached hydrogen (secondary N) is 1. The minimum Gasteiger partial charge on any atom is -0.496 e. The van der Waals surface area contributed by atoms with Crippen molar-refractivity contribution >= 4 is 23.5 Å². The van der Waals surface area contributed by atoms with E-state index in [0.29, 0.717) is 23.7 Å². The molecule has 2 N–H and O–H groups in total. The summed E-state index contributed by atoms with van der Waals surface area (Å²) in [4.78, 5) is 24.8. The molecule has 1 amide bonds. The van der Waals surface area contributed by atoms with Gasteiger partial charge >= 0.3 is 5.97 Å². The number of amides is 1. The van der Waals surface area contributed by atoms with Crippen molar-refractivity contribution in [3.63, 3.8) is 0 Å². The average Bonchev–Trinajstić information content (AvgIpc) is 2.93. The van der Waals surface area contributed by atoms with Crippen molar-refractivity contribution in [1.29, 1.82) is 0 Å². The smallest absolute Gasteiger partial charge is 0.320 e. The number of methoxy groups -OCH3 is 1. The lowest BCUT2D eigenvalue weighted by Gasteiger charge is -2.20. The van der Waals surface area contributed by atoms with Gasteiger partial charge in [0.2, 0.25) is 5.91 Å². The van der Waals surface area contributed by atoms with Crippen LogP contribution in [0, 0.1) is 0 Å². The number of likely N-dealkylation sites (tertiary alicyclic amines) is 1. The van der Waals surface area contributed by atoms with Gasteiger partial charge in [0.15, 0.2) is 0 Å². The number of hydrogen-bond acceptors (Lipinski definition) is 4. The van der Waals surface area contributed by atoms with Crippen LogP contribution in [0.3, 0.4) is 0 Å². The van der Waals surface area contributed by atoms with E-state index < -0.39 is 12.0 Å². The van der Waals surface area contributed by atoms with Gasteiger partial charge in [0.05, 0.1) is 13.7 Å². The van der Waals surface area contributed by atoms with E-state index in [2.05, 4.69) is 5.32 Å². The fourth-order valence-corrected chi connectivity index (χ4v) is 2.81. The van der Waals surface area contributed by atoms with E-state index in [1.165, 1.54) is 0 Å². The fraction of sp³-hybridized carbons (Fsp3) is 0.467. The quantitative estimate of drug-likeness (QED) is 0.828. The standard InChI is InChI=1S/C15H19ClN2O4/c1-22-13-5-4-11(16)7-10(13)8-17-14(19)9-18-6-2-3-12(18)15(20)21/h4-5,7,12H,2-3,6,8-9H2,1H3,(H,17,19)(H,20,21). The zero-order valence-corrected chi connectivity index (χ0v) is 13.1. The molecule has 1 fully saturated rings. The van der Waals surface area contributed by atoms with E-state index in [4.69, 9.17) is 21.4 Å². The predicted molar refractivity (Wildman–Crippen MR) is 82.1 cm³/mol. The maximum absolute atomic E-state index is 12.0. The minimum atomic E-state index is -0.873. The van der Waals surface area contributed by atoms with Gasteiger partial charge in [-0.25, -0.2) is 0 Å². The Morgan fingerprint density at radius 2 is 2.27 bits per heavy atom. The van der Waals surface area contributed by atoms with Crippen molar-refractivity contribution in [1.82, 2.24) is 10.2 Å². The number of rotatable bonds is 6. The predicted octanol–water partition coefficient (Wildman–Crippen LogP) is 1.51. The minimum absolute atomic E-state index is 0.0832. The number of halogens is 1. The van der Waals surface area contributed by atoms with Crippen LogP contribution in [0.1, 0.15) is 18.4 Å². The van der Waals surface area contributed by atoms with E-state index in [0.717, 1.165) is 12.0 Å². The summed E-state index contributed by atoms with van der Waals surface area (Å²) in [6.07, 6.45) is 1.39. The molecular weight excluding hydrogens is 308 g/mol. The highest BCUT2D eigenvalue weighted by molar-refractivity contribution is 6.30. The third-order valence-corrected chi connectivity index (χ3v) is 3.95. The Morgan fingerprint density at radius 1 is 1.50 bits per heavy atom. The van der Waals surface area contributed by atoms with Crippen LogP contribution >= 0.6 is 11.6 Å². The zero-order chi connectivity index (χ0) is 16.1. The largest absolute Gasteiger partial charge is 0.496 e. The molecule has 120 valence electrons. The normalized spacial score (nSPS) is 18.2. The molecule has 1 aliphatic heterocycles. The second kappa shape index (κ2) is 7.47. The highest BCUT2D eigenvalue weighted by Gasteiger charge is 2.31. The monoisotopic (exact) mass is 326 g/mol. The molecule has 0 aliphatic carbocycles. The van der Waals surface area contributed by atoms with Crippen molar-refractivity contribution in [3.8, 4) is 5.75 Å². The molecule has 1 atom stereocenters. The molecule has 1 unspecified atom stereocenters. The van der Waals surface area contributed by atoms with Gasteiger partial charge in [-0.05, 0) is 37.6 Å². The molecule has 0 saturated carbocycles. The van der Waals surface area contributed by atoms with Crippen LogP contribution in [-0.4, -0.2) is 48.1 Å². The number of carboxylic acid groups (broad SMARTS) is 1. The molecule has 1 saturated heterocycles. The number of nitrogens with zero attached hydrogens (tertiary/aromatic N) is 1. The number of hydrogen-bond donors (Lipinski definition) is 2. The van der Waals surface area contributed by atoms with Gasteiger partial charge in [0.1, 0.15) is 11.8 Å². The number of carboxylic acids is 1. The first-order valence-corrected chi connectivity index (χ1v) is 7.45. The summed E-state index contributed by atoms with van der Waals surface area (Å²) in [6, 6.07) is 4.63. The molecular formula is C15H19ClN2O4. The lowest BCUT2D eigenvalue weighted by atomic mass is 10.2. The van der Waals surface area contributed by atoms with Crippen LogP contribution in [0.5, 0.6) is 5.75 Å². The third-order valence-electron chi connectivity index (χ3n) is 3.71. The maximum atomic E-state index is 12.0. The molecule has 2 rings (SSSR count). The number of benzene rings is 1. The summed E-state index contributed by atoms with van der Waals surface area (Å²) < 4.78 is 5.22. The Morgan fingerprint density at radius 3 is 2.95 bits per heavy atom. The average molecular weight is 327 g/mol. The van der Waals surface area contributed by atoms with E-state index in [-0.39, 0.29) is 19.0 Å². The topological polar surface area (TPSA) is 78.9 Å². The van der Waals surface area contributed by atoms with Gasteiger partial charge in [-0.1, -0.05) is 11.6 Å². The van der Waals surface area contributed by atoms with Crippen LogP contribution in [-0.2, 0) is 16.1 Å². The van der Waals surface area contributed by atoms with E-state index >= 15 is 0 Å². The van der Waals surface area contributed by atoms with Crippen LogP contribution in [0.2, 0.25) is 5.02 Å². The zero-order valence-electron chi connectivity index (χ0n) is 12.3. The van der Waals surface area contributed by atoms with Crippen molar-refractivity contribution in [2.45, 2.75) is 25.4 Å². The summed E-state index contributed by atoms with van der Waals surface area (Å²) >= 11 is 5.94. The number of carbonyl (C=O) groups excluding carboxylic acids is 1. The van der Waals surface area contributed by atoms with Crippen LogP contribution in [0.15, 0.2) is 18.2 Å². The molecule has 0 aromatic heterocycles. The Bertz CT molecular complexity index is 564. The summed E-state index contributed by atoms with van der Waals surface area (Å²) in [5.41, 5.74) is 0.777. The van der Waals surface area contributed by atoms with Gasteiger partial charge in [0, 0.05) is 17.1 Å². The maximum Gasteiger partial charge on any atom is 0.320 e. The Labute approximate surface area is 134 Å². The van der Waals surface area contributed by atoms with Crippen LogP contribution < -0.4 is 10.1 Å². The molecule has 1 aliphatic rings. The lowest BCUT2D eigenvalue weighted by molar-refractivity contribution is -0.142. The molecule has 6 nitrogen and oxygen atoms in total. The third kappa shape index (κ3) is 4.11. The summed E-state index contributed by atoms with van der Waals surface area (Å²) in [6.45, 7) is 0.999. The molecule has 0 radical (unpaired) electrons. The summed E-state index contributed by atoms with van der Waals surface area (Å²) in [5.74, 6) is -0.439. The van der Waals surface area contributed by atoms with Crippen LogP contribution in [0.25, 0.3) is 0 Å². The van der Waals surface area contributed by atoms with E-state index in [1.807, 2.05) is 0 Å². The number of ether oxygens (including phenoxy) is 1. The Balaban J connectivity index is 1.90. The van der Waals surface area contributed by atoms with Gasteiger partial charge in [-0.2, -0.15) is 0 Å². The van der Waals surface area contributed by atoms with Crippen molar-refractivity contribution in [3.05, 3.63) is 28.8 Å². The Hall–Kier alpha value is -1.79. The van der Waals surface area contributed by atoms with Crippen LogP contribution in [0.4, 0.5) is 0 Å². The SMILES string of the molecule is COc1ccc(Cl)cc1CNC(=O)CN1CCCC1C(=O)O. The Kier molecular flexibility index (Phi) is 5.63. The van der Waals surface area contributed by atoms with Crippen molar-refractivity contribution < 1.29 is 19.4 Å². The van der Waals surface area contributed by atoms with Gasteiger partial charge in [-0.3, -0.25) is 14.5 Å². The van der Waals surface area contributed by atoms with Gasteiger partial charge in [-0.15, -0.1) is 0 Å². The second-order valence-electron chi connectivity index (χ2n) is 5.20. The molecule has 22 heavy (non-hydrogen) atoms. The van der Waals surface area contributed by atoms with Crippen molar-refractivity contribution in [2.24, 2.45) is 0 Å². The molecule has 0 bridgehead atoms. The first-order valence-electron chi connectivity index (χ1n) is 7.07. The van der Waals surface area contributed by atoms with Gasteiger partial charge in [0.25, 0.3) is 0 Å². The molecule has 1 heterocycles. The number of aliphatic carboxylic acids is 1. The highest BCUT2D eigenvalue weighted by Crippen LogP contribution is 2.22. The second-order valence-corrected chi connectivity index (χ2v) is 5.64. The van der Waals surface area contributed by atoms with Gasteiger partial charge < -0.3 is 15.2 Å². The summed E-state index contributed by atoms with van der Waals surface area (Å²) in [5, 5.41) is 12.4. The first kappa shape index (κ1) is 16.6. The number of carbonyl (C=O) groups is 2. The van der Waals surface area contributed by atoms with Crippen molar-refractivity contribution in [2.75, 3.05) is 20.2 Å². The summed E-state index contributed by atoms with van der Waals surface area (Å²) in [7, 11) is 1.55. The van der Waals surface area contributed by atoms with E-state index in [9.17, 15) is 9.59 Å². The fourth-order valence-electron chi connectivity index (χ4n) is 2.61. The molecule has 0 spiro atoms.